The molecule has 9 nitrogen and oxygen atoms in total. The number of nitrogens with one attached hydrogen (secondary N) is 1. The summed E-state index contributed by atoms with van der Waals surface area (Å²) in [4.78, 5) is 48.8. The molecular weight excluding hydrogens is 390 g/mol. The van der Waals surface area contributed by atoms with Crippen LogP contribution in [0.25, 0.3) is 0 Å². The number of ether oxygens (including phenoxy) is 2. The summed E-state index contributed by atoms with van der Waals surface area (Å²) in [6.45, 7) is 6.03. The van der Waals surface area contributed by atoms with Gasteiger partial charge in [0.1, 0.15) is 5.69 Å². The maximum Gasteiger partial charge on any atom is 0.338 e. The molecule has 2 rings (SSSR count). The van der Waals surface area contributed by atoms with Crippen molar-refractivity contribution < 1.29 is 23.9 Å². The van der Waals surface area contributed by atoms with Crippen LogP contribution in [0.3, 0.4) is 0 Å². The van der Waals surface area contributed by atoms with Crippen LogP contribution in [-0.4, -0.2) is 40.8 Å². The Balaban J connectivity index is 2.33. The molecule has 0 unspecified atom stereocenters. The van der Waals surface area contributed by atoms with Gasteiger partial charge in [0.05, 0.1) is 24.3 Å². The SMILES string of the molecule is CCCCn1nc(C(=O)Nc2cc(C(=O)OCC)cc(C(=O)OCC)c2)ccc1=O. The summed E-state index contributed by atoms with van der Waals surface area (Å²) < 4.78 is 11.2. The minimum Gasteiger partial charge on any atom is -0.462 e. The first-order valence-electron chi connectivity index (χ1n) is 9.78. The Morgan fingerprint density at radius 1 is 0.967 bits per heavy atom. The van der Waals surface area contributed by atoms with E-state index in [1.54, 1.807) is 13.8 Å². The van der Waals surface area contributed by atoms with Gasteiger partial charge in [-0.15, -0.1) is 0 Å². The summed E-state index contributed by atoms with van der Waals surface area (Å²) in [6, 6.07) is 6.73. The van der Waals surface area contributed by atoms with Gasteiger partial charge in [-0.1, -0.05) is 13.3 Å². The molecule has 30 heavy (non-hydrogen) atoms. The summed E-state index contributed by atoms with van der Waals surface area (Å²) in [5, 5.41) is 6.69. The Morgan fingerprint density at radius 3 is 2.10 bits per heavy atom. The summed E-state index contributed by atoms with van der Waals surface area (Å²) in [5.74, 6) is -1.85. The van der Waals surface area contributed by atoms with Crippen LogP contribution in [0.1, 0.15) is 64.8 Å². The topological polar surface area (TPSA) is 117 Å². The molecule has 0 aliphatic rings. The lowest BCUT2D eigenvalue weighted by molar-refractivity contribution is 0.0525. The average Bonchev–Trinajstić information content (AvgIpc) is 2.73. The highest BCUT2D eigenvalue weighted by Gasteiger charge is 2.17. The first-order chi connectivity index (χ1) is 14.4. The summed E-state index contributed by atoms with van der Waals surface area (Å²) in [7, 11) is 0. The van der Waals surface area contributed by atoms with E-state index in [2.05, 4.69) is 10.4 Å². The number of benzene rings is 1. The molecule has 1 N–H and O–H groups in total. The van der Waals surface area contributed by atoms with Gasteiger partial charge in [-0.2, -0.15) is 5.10 Å². The largest absolute Gasteiger partial charge is 0.462 e. The number of carbonyl (C=O) groups is 3. The van der Waals surface area contributed by atoms with Gasteiger partial charge in [0, 0.05) is 18.3 Å². The van der Waals surface area contributed by atoms with Crippen molar-refractivity contribution in [3.8, 4) is 0 Å². The second-order valence-electron chi connectivity index (χ2n) is 6.33. The number of esters is 2. The molecule has 0 fully saturated rings. The molecule has 0 aliphatic heterocycles. The second kappa shape index (κ2) is 10.9. The van der Waals surface area contributed by atoms with Gasteiger partial charge >= 0.3 is 11.9 Å². The van der Waals surface area contributed by atoms with E-state index in [1.165, 1.54) is 35.0 Å². The summed E-state index contributed by atoms with van der Waals surface area (Å²) in [5.41, 5.74) is 0.123. The van der Waals surface area contributed by atoms with Crippen molar-refractivity contribution in [3.63, 3.8) is 0 Å². The standard InChI is InChI=1S/C21H25N3O6/c1-4-7-10-24-18(25)9-8-17(23-24)19(26)22-16-12-14(20(27)29-5-2)11-15(13-16)21(28)30-6-3/h8-9,11-13H,4-7,10H2,1-3H3,(H,22,26). The molecule has 0 saturated heterocycles. The zero-order valence-electron chi connectivity index (χ0n) is 17.3. The van der Waals surface area contributed by atoms with Gasteiger partial charge in [0.25, 0.3) is 11.5 Å². The highest BCUT2D eigenvalue weighted by Crippen LogP contribution is 2.18. The Hall–Kier alpha value is -3.49. The molecule has 0 saturated carbocycles. The lowest BCUT2D eigenvalue weighted by atomic mass is 10.1. The van der Waals surface area contributed by atoms with E-state index in [0.717, 1.165) is 12.8 Å². The predicted molar refractivity (Wildman–Crippen MR) is 110 cm³/mol. The molecular formula is C21H25N3O6. The maximum atomic E-state index is 12.6. The smallest absolute Gasteiger partial charge is 0.338 e. The molecule has 0 radical (unpaired) electrons. The molecule has 0 bridgehead atoms. The minimum absolute atomic E-state index is 0.0323. The number of anilines is 1. The fourth-order valence-corrected chi connectivity index (χ4v) is 2.60. The molecule has 160 valence electrons. The van der Waals surface area contributed by atoms with E-state index in [1.807, 2.05) is 6.92 Å². The first kappa shape index (κ1) is 22.8. The number of rotatable bonds is 9. The fourth-order valence-electron chi connectivity index (χ4n) is 2.60. The van der Waals surface area contributed by atoms with E-state index < -0.39 is 17.8 Å². The Kier molecular flexibility index (Phi) is 8.28. The lowest BCUT2D eigenvalue weighted by Gasteiger charge is -2.11. The van der Waals surface area contributed by atoms with Gasteiger partial charge in [-0.05, 0) is 44.5 Å². The number of aryl methyl sites for hydroxylation is 1. The molecule has 2 aromatic rings. The fraction of sp³-hybridized carbons (Fsp3) is 0.381. The third-order valence-electron chi connectivity index (χ3n) is 4.04. The van der Waals surface area contributed by atoms with E-state index >= 15 is 0 Å². The molecule has 0 aliphatic carbocycles. The predicted octanol–water partition coefficient (Wildman–Crippen LogP) is 2.65. The van der Waals surface area contributed by atoms with Gasteiger partial charge in [0.2, 0.25) is 0 Å². The van der Waals surface area contributed by atoms with Crippen LogP contribution >= 0.6 is 0 Å². The van der Waals surface area contributed by atoms with Crippen molar-refractivity contribution in [1.82, 2.24) is 9.78 Å². The number of nitrogens with zero attached hydrogens (tertiary/aromatic N) is 2. The van der Waals surface area contributed by atoms with Crippen LogP contribution in [0.4, 0.5) is 5.69 Å². The number of hydrogen-bond donors (Lipinski definition) is 1. The van der Waals surface area contributed by atoms with E-state index in [-0.39, 0.29) is 41.3 Å². The Bertz CT molecular complexity index is 947. The van der Waals surface area contributed by atoms with Crippen LogP contribution < -0.4 is 10.9 Å². The lowest BCUT2D eigenvalue weighted by Crippen LogP contribution is -2.26. The number of amides is 1. The molecule has 1 amide bonds. The van der Waals surface area contributed by atoms with Crippen molar-refractivity contribution in [2.45, 2.75) is 40.2 Å². The van der Waals surface area contributed by atoms with Crippen LogP contribution in [0.2, 0.25) is 0 Å². The molecule has 0 spiro atoms. The van der Waals surface area contributed by atoms with E-state index in [0.29, 0.717) is 6.54 Å². The van der Waals surface area contributed by atoms with Crippen LogP contribution in [0.5, 0.6) is 0 Å². The molecule has 1 aromatic heterocycles. The average molecular weight is 415 g/mol. The van der Waals surface area contributed by atoms with Crippen molar-refractivity contribution in [1.29, 1.82) is 0 Å². The van der Waals surface area contributed by atoms with E-state index in [9.17, 15) is 19.2 Å². The third-order valence-corrected chi connectivity index (χ3v) is 4.04. The first-order valence-corrected chi connectivity index (χ1v) is 9.78. The molecule has 1 heterocycles. The molecule has 9 heteroatoms. The monoisotopic (exact) mass is 415 g/mol. The molecule has 0 atom stereocenters. The van der Waals surface area contributed by atoms with Gasteiger partial charge in [0.15, 0.2) is 0 Å². The van der Waals surface area contributed by atoms with E-state index in [4.69, 9.17) is 9.47 Å². The third kappa shape index (κ3) is 6.00. The quantitative estimate of drug-likeness (QED) is 0.626. The van der Waals surface area contributed by atoms with Crippen molar-refractivity contribution in [2.24, 2.45) is 0 Å². The maximum absolute atomic E-state index is 12.6. The Morgan fingerprint density at radius 2 is 1.57 bits per heavy atom. The van der Waals surface area contributed by atoms with Crippen molar-refractivity contribution in [2.75, 3.05) is 18.5 Å². The summed E-state index contributed by atoms with van der Waals surface area (Å²) in [6.07, 6.45) is 1.63. The van der Waals surface area contributed by atoms with Gasteiger partial charge in [-0.3, -0.25) is 9.59 Å². The number of carbonyl (C=O) groups excluding carboxylic acids is 3. The van der Waals surface area contributed by atoms with Gasteiger partial charge in [-0.25, -0.2) is 14.3 Å². The van der Waals surface area contributed by atoms with Crippen LogP contribution in [0, 0.1) is 0 Å². The molecule has 1 aromatic carbocycles. The zero-order valence-corrected chi connectivity index (χ0v) is 17.3. The second-order valence-corrected chi connectivity index (χ2v) is 6.33. The van der Waals surface area contributed by atoms with Crippen molar-refractivity contribution in [3.05, 3.63) is 57.5 Å². The van der Waals surface area contributed by atoms with Crippen LogP contribution in [-0.2, 0) is 16.0 Å². The van der Waals surface area contributed by atoms with Gasteiger partial charge < -0.3 is 14.8 Å². The number of aromatic nitrogens is 2. The highest BCUT2D eigenvalue weighted by atomic mass is 16.5. The summed E-state index contributed by atoms with van der Waals surface area (Å²) >= 11 is 0. The zero-order chi connectivity index (χ0) is 22.1. The van der Waals surface area contributed by atoms with Crippen LogP contribution in [0.15, 0.2) is 35.1 Å². The minimum atomic E-state index is -0.634. The Labute approximate surface area is 174 Å². The normalized spacial score (nSPS) is 10.4. The number of hydrogen-bond acceptors (Lipinski definition) is 7. The highest BCUT2D eigenvalue weighted by molar-refractivity contribution is 6.04. The van der Waals surface area contributed by atoms with Crippen molar-refractivity contribution >= 4 is 23.5 Å². The number of unbranched alkanes of at least 4 members (excludes halogenated alkanes) is 1.